The Labute approximate surface area is 178 Å². The van der Waals surface area contributed by atoms with Gasteiger partial charge in [0, 0.05) is 13.1 Å². The molecule has 6 nitrogen and oxygen atoms in total. The molecule has 0 aliphatic carbocycles. The highest BCUT2D eigenvalue weighted by atomic mass is 32.1. The first-order valence-corrected chi connectivity index (χ1v) is 11.3. The molecule has 0 unspecified atom stereocenters. The summed E-state index contributed by atoms with van der Waals surface area (Å²) < 4.78 is 0. The van der Waals surface area contributed by atoms with Crippen molar-refractivity contribution in [2.45, 2.75) is 46.6 Å². The van der Waals surface area contributed by atoms with Crippen LogP contribution in [0.25, 0.3) is 0 Å². The molecule has 1 aliphatic rings. The Bertz CT molecular complexity index is 836. The summed E-state index contributed by atoms with van der Waals surface area (Å²) in [5.41, 5.74) is 1.35. The van der Waals surface area contributed by atoms with Gasteiger partial charge in [0.05, 0.1) is 17.9 Å². The van der Waals surface area contributed by atoms with Crippen molar-refractivity contribution in [1.29, 1.82) is 5.26 Å². The number of hydrogen-bond donors (Lipinski definition) is 1. The largest absolute Gasteiger partial charge is 0.316 e. The van der Waals surface area contributed by atoms with E-state index < -0.39 is 0 Å². The van der Waals surface area contributed by atoms with Crippen molar-refractivity contribution in [1.82, 2.24) is 19.8 Å². The number of pyridine rings is 1. The van der Waals surface area contributed by atoms with E-state index in [1.165, 1.54) is 17.8 Å². The molecule has 1 aliphatic heterocycles. The lowest BCUT2D eigenvalue weighted by Gasteiger charge is -2.37. The van der Waals surface area contributed by atoms with Crippen molar-refractivity contribution in [2.75, 3.05) is 38.0 Å². The van der Waals surface area contributed by atoms with E-state index in [0.29, 0.717) is 16.1 Å². The van der Waals surface area contributed by atoms with Crippen LogP contribution in [0.3, 0.4) is 0 Å². The minimum Gasteiger partial charge on any atom is -0.316 e. The van der Waals surface area contributed by atoms with Crippen LogP contribution in [0.5, 0.6) is 0 Å². The molecule has 7 heteroatoms. The van der Waals surface area contributed by atoms with Gasteiger partial charge in [0.25, 0.3) is 0 Å². The quantitative estimate of drug-likeness (QED) is 0.646. The van der Waals surface area contributed by atoms with E-state index in [-0.39, 0.29) is 5.41 Å². The number of thiazole rings is 1. The number of rotatable bonds is 9. The Hall–Kier alpha value is -2.01. The second kappa shape index (κ2) is 9.66. The number of anilines is 2. The third kappa shape index (κ3) is 5.75. The molecule has 2 aromatic heterocycles. The van der Waals surface area contributed by atoms with Gasteiger partial charge in [-0.05, 0) is 50.0 Å². The maximum atomic E-state index is 8.98. The van der Waals surface area contributed by atoms with E-state index >= 15 is 0 Å². The Morgan fingerprint density at radius 3 is 2.83 bits per heavy atom. The molecule has 2 aromatic rings. The minimum absolute atomic E-state index is 0.235. The van der Waals surface area contributed by atoms with Crippen LogP contribution >= 0.6 is 11.3 Å². The predicted octanol–water partition coefficient (Wildman–Crippen LogP) is 4.66. The molecule has 156 valence electrons. The smallest absolute Gasteiger partial charge is 0.189 e. The van der Waals surface area contributed by atoms with Crippen LogP contribution in [0.1, 0.15) is 57.1 Å². The molecular formula is C22H32N6S. The van der Waals surface area contributed by atoms with Crippen LogP contribution in [-0.2, 0) is 0 Å². The van der Waals surface area contributed by atoms with Crippen LogP contribution in [0.2, 0.25) is 0 Å². The zero-order valence-electron chi connectivity index (χ0n) is 18.0. The zero-order chi connectivity index (χ0) is 20.9. The summed E-state index contributed by atoms with van der Waals surface area (Å²) in [6.07, 6.45) is 3.95. The van der Waals surface area contributed by atoms with Gasteiger partial charge < -0.3 is 10.2 Å². The fourth-order valence-electron chi connectivity index (χ4n) is 4.20. The van der Waals surface area contributed by atoms with Crippen molar-refractivity contribution in [3.63, 3.8) is 0 Å². The first-order valence-electron chi connectivity index (χ1n) is 10.5. The van der Waals surface area contributed by atoms with Crippen molar-refractivity contribution in [2.24, 2.45) is 5.41 Å². The molecule has 0 bridgehead atoms. The summed E-state index contributed by atoms with van der Waals surface area (Å²) in [4.78, 5) is 14.8. The average molecular weight is 413 g/mol. The second-order valence-electron chi connectivity index (χ2n) is 8.47. The molecule has 3 rings (SSSR count). The molecule has 0 spiro atoms. The molecule has 3 heterocycles. The molecule has 1 atom stereocenters. The molecule has 0 radical (unpaired) electrons. The second-order valence-corrected chi connectivity index (χ2v) is 9.50. The summed E-state index contributed by atoms with van der Waals surface area (Å²) in [5.74, 6) is 0.788. The first-order chi connectivity index (χ1) is 13.9. The number of nitriles is 1. The Morgan fingerprint density at radius 2 is 2.14 bits per heavy atom. The Kier molecular flexibility index (Phi) is 7.23. The van der Waals surface area contributed by atoms with Crippen molar-refractivity contribution < 1.29 is 0 Å². The lowest BCUT2D eigenvalue weighted by Crippen LogP contribution is -2.42. The molecule has 1 fully saturated rings. The van der Waals surface area contributed by atoms with Gasteiger partial charge in [0.15, 0.2) is 5.13 Å². The highest BCUT2D eigenvalue weighted by molar-refractivity contribution is 7.16. The number of likely N-dealkylation sites (tertiary alicyclic amines) is 1. The highest BCUT2D eigenvalue weighted by Crippen LogP contribution is 2.34. The van der Waals surface area contributed by atoms with Crippen molar-refractivity contribution in [3.05, 3.63) is 35.0 Å². The number of hydrogen-bond acceptors (Lipinski definition) is 7. The van der Waals surface area contributed by atoms with E-state index in [4.69, 9.17) is 10.2 Å². The topological polar surface area (TPSA) is 68.1 Å². The van der Waals surface area contributed by atoms with Gasteiger partial charge in [-0.2, -0.15) is 5.26 Å². The van der Waals surface area contributed by atoms with E-state index in [2.05, 4.69) is 66.0 Å². The molecule has 1 saturated heterocycles. The van der Waals surface area contributed by atoms with Gasteiger partial charge >= 0.3 is 0 Å². The van der Waals surface area contributed by atoms with Gasteiger partial charge in [-0.3, -0.25) is 4.90 Å². The Morgan fingerprint density at radius 1 is 1.34 bits per heavy atom. The zero-order valence-corrected chi connectivity index (χ0v) is 18.8. The van der Waals surface area contributed by atoms with Crippen LogP contribution < -0.4 is 5.32 Å². The third-order valence-corrected chi connectivity index (χ3v) is 6.32. The highest BCUT2D eigenvalue weighted by Gasteiger charge is 2.32. The van der Waals surface area contributed by atoms with Crippen LogP contribution in [0.4, 0.5) is 10.9 Å². The predicted molar refractivity (Wildman–Crippen MR) is 119 cm³/mol. The summed E-state index contributed by atoms with van der Waals surface area (Å²) in [5, 5.41) is 12.9. The van der Waals surface area contributed by atoms with Crippen molar-refractivity contribution >= 4 is 22.3 Å². The normalized spacial score (nSPS) is 17.6. The van der Waals surface area contributed by atoms with Crippen molar-refractivity contribution in [3.8, 4) is 6.07 Å². The summed E-state index contributed by atoms with van der Waals surface area (Å²) in [6.45, 7) is 14.7. The Balaban J connectivity index is 1.69. The van der Waals surface area contributed by atoms with E-state index in [1.54, 1.807) is 6.20 Å². The van der Waals surface area contributed by atoms with Gasteiger partial charge in [0.2, 0.25) is 0 Å². The van der Waals surface area contributed by atoms with Gasteiger partial charge in [-0.1, -0.05) is 45.1 Å². The molecular weight excluding hydrogens is 380 g/mol. The molecule has 1 N–H and O–H groups in total. The lowest BCUT2D eigenvalue weighted by atomic mass is 9.91. The lowest BCUT2D eigenvalue weighted by molar-refractivity contribution is 0.117. The fourth-order valence-corrected chi connectivity index (χ4v) is 4.82. The molecule has 0 aromatic carbocycles. The molecule has 0 amide bonds. The summed E-state index contributed by atoms with van der Waals surface area (Å²) in [6, 6.07) is 8.63. The monoisotopic (exact) mass is 412 g/mol. The standard InChI is InChI=1S/C22H32N6S/c1-5-27(6-2)15-22(3,4)16-28-12-8-10-19(28)18-9-7-11-20(25-18)26-21-24-14-17(13-23)29-21/h7,9,11,14,19H,5-6,8,10,12,15-16H2,1-4H3,(H,24,25,26)/t19-/m1/s1. The fraction of sp³-hybridized carbons (Fsp3) is 0.591. The first kappa shape index (κ1) is 21.7. The van der Waals surface area contributed by atoms with Gasteiger partial charge in [-0.25, -0.2) is 9.97 Å². The maximum absolute atomic E-state index is 8.98. The third-order valence-electron chi connectivity index (χ3n) is 5.50. The van der Waals surface area contributed by atoms with Crippen LogP contribution in [-0.4, -0.2) is 52.5 Å². The maximum Gasteiger partial charge on any atom is 0.189 e. The number of nitrogens with zero attached hydrogens (tertiary/aromatic N) is 5. The van der Waals surface area contributed by atoms with Crippen LogP contribution in [0.15, 0.2) is 24.4 Å². The SMILES string of the molecule is CCN(CC)CC(C)(C)CN1CCC[C@@H]1c1cccc(Nc2ncc(C#N)s2)n1. The van der Waals surface area contributed by atoms with Gasteiger partial charge in [0.1, 0.15) is 16.8 Å². The minimum atomic E-state index is 0.235. The summed E-state index contributed by atoms with van der Waals surface area (Å²) >= 11 is 1.35. The van der Waals surface area contributed by atoms with Crippen LogP contribution in [0, 0.1) is 16.7 Å². The van der Waals surface area contributed by atoms with E-state index in [0.717, 1.165) is 50.7 Å². The average Bonchev–Trinajstić information content (AvgIpc) is 3.35. The molecule has 0 saturated carbocycles. The number of nitrogens with one attached hydrogen (secondary N) is 1. The van der Waals surface area contributed by atoms with Gasteiger partial charge in [-0.15, -0.1) is 0 Å². The van der Waals surface area contributed by atoms with E-state index in [1.807, 2.05) is 6.07 Å². The summed E-state index contributed by atoms with van der Waals surface area (Å²) in [7, 11) is 0. The molecule has 29 heavy (non-hydrogen) atoms. The number of aromatic nitrogens is 2. The van der Waals surface area contributed by atoms with E-state index in [9.17, 15) is 0 Å².